The summed E-state index contributed by atoms with van der Waals surface area (Å²) >= 11 is 0. The van der Waals surface area contributed by atoms with Gasteiger partial charge < -0.3 is 4.90 Å². The van der Waals surface area contributed by atoms with Crippen molar-refractivity contribution in [3.05, 3.63) is 59.9 Å². The second-order valence-corrected chi connectivity index (χ2v) is 7.46. The number of aromatic nitrogens is 3. The molecule has 2 unspecified atom stereocenters. The first-order valence-electron chi connectivity index (χ1n) is 9.00. The smallest absolute Gasteiger partial charge is 0.276 e. The number of benzene rings is 1. The number of rotatable bonds is 4. The molecule has 1 saturated heterocycles. The number of amides is 1. The summed E-state index contributed by atoms with van der Waals surface area (Å²) in [5.74, 6) is 1.03. The molecule has 0 radical (unpaired) electrons. The third-order valence-corrected chi connectivity index (χ3v) is 6.09. The Bertz CT molecular complexity index is 758. The molecule has 2 heterocycles. The first-order valence-corrected chi connectivity index (χ1v) is 9.00. The van der Waals surface area contributed by atoms with Gasteiger partial charge in [-0.1, -0.05) is 37.3 Å². The first kappa shape index (κ1) is 16.1. The van der Waals surface area contributed by atoms with E-state index in [1.165, 1.54) is 23.7 Å². The number of aromatic amines is 1. The van der Waals surface area contributed by atoms with E-state index in [0.29, 0.717) is 22.9 Å². The van der Waals surface area contributed by atoms with E-state index >= 15 is 0 Å². The second kappa shape index (κ2) is 6.14. The molecule has 1 aromatic heterocycles. The number of nitrogens with zero attached hydrogens (tertiary/aromatic N) is 3. The minimum atomic E-state index is -0.0106. The highest BCUT2D eigenvalue weighted by molar-refractivity contribution is 5.91. The fourth-order valence-corrected chi connectivity index (χ4v) is 4.16. The minimum absolute atomic E-state index is 0.0106. The van der Waals surface area contributed by atoms with Gasteiger partial charge in [-0.3, -0.25) is 4.79 Å². The van der Waals surface area contributed by atoms with Crippen LogP contribution in [0.3, 0.4) is 0 Å². The SMILES string of the molecule is C=CC(C)c1ccc(C2CC23CCN(C(=O)c2cn[nH]n2)CC3)cc1. The molecule has 2 atom stereocenters. The summed E-state index contributed by atoms with van der Waals surface area (Å²) in [6.45, 7) is 7.67. The molecule has 2 aliphatic rings. The van der Waals surface area contributed by atoms with Crippen LogP contribution in [-0.2, 0) is 0 Å². The third-order valence-electron chi connectivity index (χ3n) is 6.09. The van der Waals surface area contributed by atoms with Crippen LogP contribution >= 0.6 is 0 Å². The average molecular weight is 336 g/mol. The van der Waals surface area contributed by atoms with Crippen LogP contribution in [0.2, 0.25) is 0 Å². The van der Waals surface area contributed by atoms with Crippen molar-refractivity contribution in [2.75, 3.05) is 13.1 Å². The number of hydrogen-bond acceptors (Lipinski definition) is 3. The Kier molecular flexibility index (Phi) is 3.94. The van der Waals surface area contributed by atoms with Crippen LogP contribution in [-0.4, -0.2) is 39.3 Å². The van der Waals surface area contributed by atoms with Gasteiger partial charge in [0.15, 0.2) is 5.69 Å². The number of likely N-dealkylation sites (tertiary alicyclic amines) is 1. The van der Waals surface area contributed by atoms with E-state index in [1.807, 2.05) is 11.0 Å². The summed E-state index contributed by atoms with van der Waals surface area (Å²) in [5, 5.41) is 10.1. The molecule has 5 nitrogen and oxygen atoms in total. The van der Waals surface area contributed by atoms with E-state index in [0.717, 1.165) is 25.9 Å². The molecule has 130 valence electrons. The number of hydrogen-bond donors (Lipinski definition) is 1. The molecule has 5 heteroatoms. The molecule has 1 N–H and O–H groups in total. The summed E-state index contributed by atoms with van der Waals surface area (Å²) in [6.07, 6.45) is 6.88. The molecule has 1 aromatic carbocycles. The lowest BCUT2D eigenvalue weighted by Crippen LogP contribution is -2.39. The lowest BCUT2D eigenvalue weighted by Gasteiger charge is -2.32. The van der Waals surface area contributed by atoms with E-state index in [9.17, 15) is 4.79 Å². The number of carbonyl (C=O) groups is 1. The zero-order valence-electron chi connectivity index (χ0n) is 14.6. The zero-order valence-corrected chi connectivity index (χ0v) is 14.6. The number of piperidine rings is 1. The van der Waals surface area contributed by atoms with Crippen molar-refractivity contribution in [3.63, 3.8) is 0 Å². The Hall–Kier alpha value is -2.43. The monoisotopic (exact) mass is 336 g/mol. The van der Waals surface area contributed by atoms with Gasteiger partial charge in [-0.2, -0.15) is 15.4 Å². The van der Waals surface area contributed by atoms with Crippen molar-refractivity contribution in [1.29, 1.82) is 0 Å². The van der Waals surface area contributed by atoms with Gasteiger partial charge in [0, 0.05) is 13.1 Å². The van der Waals surface area contributed by atoms with Gasteiger partial charge >= 0.3 is 0 Å². The van der Waals surface area contributed by atoms with Crippen LogP contribution in [0.25, 0.3) is 0 Å². The average Bonchev–Trinajstić information content (AvgIpc) is 3.09. The molecule has 2 fully saturated rings. The van der Waals surface area contributed by atoms with Gasteiger partial charge in [-0.15, -0.1) is 6.58 Å². The molecule has 1 aliphatic heterocycles. The van der Waals surface area contributed by atoms with Crippen molar-refractivity contribution >= 4 is 5.91 Å². The normalized spacial score (nSPS) is 22.6. The standard InChI is InChI=1S/C20H24N4O/c1-3-14(2)15-4-6-16(7-5-15)17-12-20(17)8-10-24(11-9-20)19(25)18-13-21-23-22-18/h3-7,13-14,17H,1,8-12H2,2H3,(H,21,22,23). The third kappa shape index (κ3) is 2.88. The molecular formula is C20H24N4O. The molecule has 2 aromatic rings. The van der Waals surface area contributed by atoms with Gasteiger partial charge in [-0.25, -0.2) is 0 Å². The Morgan fingerprint density at radius 1 is 1.36 bits per heavy atom. The van der Waals surface area contributed by atoms with E-state index in [-0.39, 0.29) is 5.91 Å². The van der Waals surface area contributed by atoms with Crippen LogP contribution in [0.5, 0.6) is 0 Å². The van der Waals surface area contributed by atoms with Crippen molar-refractivity contribution in [1.82, 2.24) is 20.3 Å². The first-order chi connectivity index (χ1) is 12.1. The summed E-state index contributed by atoms with van der Waals surface area (Å²) < 4.78 is 0. The number of H-pyrrole nitrogens is 1. The lowest BCUT2D eigenvalue weighted by molar-refractivity contribution is 0.0669. The fraction of sp³-hybridized carbons (Fsp3) is 0.450. The van der Waals surface area contributed by atoms with E-state index < -0.39 is 0 Å². The maximum atomic E-state index is 12.4. The van der Waals surface area contributed by atoms with Crippen molar-refractivity contribution in [2.24, 2.45) is 5.41 Å². The summed E-state index contributed by atoms with van der Waals surface area (Å²) in [5.41, 5.74) is 3.57. The van der Waals surface area contributed by atoms with Crippen molar-refractivity contribution in [2.45, 2.75) is 38.0 Å². The highest BCUT2D eigenvalue weighted by atomic mass is 16.2. The van der Waals surface area contributed by atoms with Crippen molar-refractivity contribution in [3.8, 4) is 0 Å². The highest BCUT2D eigenvalue weighted by Gasteiger charge is 2.55. The molecule has 1 spiro atoms. The largest absolute Gasteiger partial charge is 0.337 e. The van der Waals surface area contributed by atoms with Gasteiger partial charge in [0.2, 0.25) is 0 Å². The Morgan fingerprint density at radius 3 is 2.68 bits per heavy atom. The van der Waals surface area contributed by atoms with Crippen LogP contribution < -0.4 is 0 Å². The number of carbonyl (C=O) groups excluding carboxylic acids is 1. The van der Waals surface area contributed by atoms with Crippen LogP contribution in [0.1, 0.15) is 59.6 Å². The number of allylic oxidation sites excluding steroid dienone is 1. The molecule has 1 amide bonds. The van der Waals surface area contributed by atoms with Crippen LogP contribution in [0.15, 0.2) is 43.1 Å². The topological polar surface area (TPSA) is 61.9 Å². The molecule has 25 heavy (non-hydrogen) atoms. The number of nitrogens with one attached hydrogen (secondary N) is 1. The summed E-state index contributed by atoms with van der Waals surface area (Å²) in [4.78, 5) is 14.3. The molecule has 0 bridgehead atoms. The molecular weight excluding hydrogens is 312 g/mol. The van der Waals surface area contributed by atoms with E-state index in [2.05, 4.69) is 53.2 Å². The molecule has 1 saturated carbocycles. The Labute approximate surface area is 148 Å². The predicted molar refractivity (Wildman–Crippen MR) is 96.4 cm³/mol. The second-order valence-electron chi connectivity index (χ2n) is 7.46. The Morgan fingerprint density at radius 2 is 2.08 bits per heavy atom. The van der Waals surface area contributed by atoms with Crippen molar-refractivity contribution < 1.29 is 4.79 Å². The summed E-state index contributed by atoms with van der Waals surface area (Å²) in [7, 11) is 0. The maximum absolute atomic E-state index is 12.4. The van der Waals surface area contributed by atoms with Gasteiger partial charge in [0.25, 0.3) is 5.91 Å². The van der Waals surface area contributed by atoms with E-state index in [4.69, 9.17) is 0 Å². The quantitative estimate of drug-likeness (QED) is 0.869. The van der Waals surface area contributed by atoms with Gasteiger partial charge in [0.05, 0.1) is 6.20 Å². The van der Waals surface area contributed by atoms with Gasteiger partial charge in [-0.05, 0) is 47.6 Å². The van der Waals surface area contributed by atoms with Gasteiger partial charge in [0.1, 0.15) is 0 Å². The lowest BCUT2D eigenvalue weighted by atomic mass is 9.88. The summed E-state index contributed by atoms with van der Waals surface area (Å²) in [6, 6.07) is 9.02. The minimum Gasteiger partial charge on any atom is -0.337 e. The maximum Gasteiger partial charge on any atom is 0.276 e. The molecule has 1 aliphatic carbocycles. The highest BCUT2D eigenvalue weighted by Crippen LogP contribution is 2.64. The fourth-order valence-electron chi connectivity index (χ4n) is 4.16. The van der Waals surface area contributed by atoms with E-state index in [1.54, 1.807) is 0 Å². The Balaban J connectivity index is 1.38. The molecule has 4 rings (SSSR count). The zero-order chi connectivity index (χ0) is 17.4. The van der Waals surface area contributed by atoms with Crippen LogP contribution in [0, 0.1) is 5.41 Å². The predicted octanol–water partition coefficient (Wildman–Crippen LogP) is 3.50. The van der Waals surface area contributed by atoms with Crippen LogP contribution in [0.4, 0.5) is 0 Å².